The molecule has 0 unspecified atom stereocenters. The van der Waals surface area contributed by atoms with E-state index in [9.17, 15) is 13.2 Å². The van der Waals surface area contributed by atoms with E-state index in [2.05, 4.69) is 10.0 Å². The highest BCUT2D eigenvalue weighted by Crippen LogP contribution is 2.36. The molecule has 7 nitrogen and oxygen atoms in total. The summed E-state index contributed by atoms with van der Waals surface area (Å²) in [5.41, 5.74) is 1.88. The fourth-order valence-corrected chi connectivity index (χ4v) is 3.39. The molecule has 0 radical (unpaired) electrons. The quantitative estimate of drug-likeness (QED) is 0.534. The van der Waals surface area contributed by atoms with Crippen molar-refractivity contribution in [2.45, 2.75) is 19.9 Å². The predicted octanol–water partition coefficient (Wildman–Crippen LogP) is 3.84. The number of hydrogen-bond acceptors (Lipinski definition) is 5. The van der Waals surface area contributed by atoms with Gasteiger partial charge in [-0.2, -0.15) is 0 Å². The summed E-state index contributed by atoms with van der Waals surface area (Å²) in [4.78, 5) is 12.2. The van der Waals surface area contributed by atoms with Crippen LogP contribution in [0.5, 0.6) is 11.5 Å². The normalized spacial score (nSPS) is 11.3. The summed E-state index contributed by atoms with van der Waals surface area (Å²) in [5, 5.41) is 3.15. The highest BCUT2D eigenvalue weighted by Gasteiger charge is 2.11. The minimum Gasteiger partial charge on any atom is -0.493 e. The first-order chi connectivity index (χ1) is 14.2. The lowest BCUT2D eigenvalue weighted by atomic mass is 10.1. The summed E-state index contributed by atoms with van der Waals surface area (Å²) < 4.78 is 36.0. The third-order valence-corrected chi connectivity index (χ3v) is 4.71. The Hall–Kier alpha value is -2.71. The number of sulfonamides is 1. The lowest BCUT2D eigenvalue weighted by Crippen LogP contribution is -2.20. The zero-order chi connectivity index (χ0) is 22.1. The fourth-order valence-electron chi connectivity index (χ4n) is 2.56. The third kappa shape index (κ3) is 7.61. The van der Waals surface area contributed by atoms with Crippen LogP contribution in [0.15, 0.2) is 42.5 Å². The van der Waals surface area contributed by atoms with Gasteiger partial charge in [0.15, 0.2) is 11.5 Å². The molecule has 0 aliphatic rings. The Morgan fingerprint density at radius 2 is 2.00 bits per heavy atom. The van der Waals surface area contributed by atoms with E-state index in [-0.39, 0.29) is 12.5 Å². The largest absolute Gasteiger partial charge is 0.493 e. The van der Waals surface area contributed by atoms with Gasteiger partial charge in [-0.1, -0.05) is 30.7 Å². The van der Waals surface area contributed by atoms with Crippen molar-refractivity contribution in [1.29, 1.82) is 0 Å². The number of ether oxygens (including phenoxy) is 2. The van der Waals surface area contributed by atoms with Crippen LogP contribution in [0.3, 0.4) is 0 Å². The van der Waals surface area contributed by atoms with Crippen LogP contribution in [0, 0.1) is 0 Å². The monoisotopic (exact) mass is 452 g/mol. The lowest BCUT2D eigenvalue weighted by Gasteiger charge is -2.12. The maximum atomic E-state index is 12.2. The second-order valence-electron chi connectivity index (χ2n) is 6.51. The first-order valence-corrected chi connectivity index (χ1v) is 11.5. The van der Waals surface area contributed by atoms with Crippen molar-refractivity contribution in [1.82, 2.24) is 5.32 Å². The van der Waals surface area contributed by atoms with Gasteiger partial charge in [-0.15, -0.1) is 0 Å². The van der Waals surface area contributed by atoms with Gasteiger partial charge in [-0.3, -0.25) is 9.52 Å². The van der Waals surface area contributed by atoms with Gasteiger partial charge >= 0.3 is 0 Å². The minimum absolute atomic E-state index is 0.246. The minimum atomic E-state index is -3.36. The Morgan fingerprint density at radius 3 is 2.67 bits per heavy atom. The predicted molar refractivity (Wildman–Crippen MR) is 120 cm³/mol. The molecule has 30 heavy (non-hydrogen) atoms. The number of hydrogen-bond donors (Lipinski definition) is 2. The third-order valence-electron chi connectivity index (χ3n) is 3.83. The van der Waals surface area contributed by atoms with E-state index in [1.165, 1.54) is 13.2 Å². The molecule has 0 saturated heterocycles. The van der Waals surface area contributed by atoms with Gasteiger partial charge in [0.25, 0.3) is 0 Å². The molecule has 0 aliphatic carbocycles. The number of rotatable bonds is 10. The molecule has 2 N–H and O–H groups in total. The number of nitrogens with one attached hydrogen (secondary N) is 2. The molecule has 2 aromatic carbocycles. The van der Waals surface area contributed by atoms with Gasteiger partial charge in [0.2, 0.25) is 15.9 Å². The lowest BCUT2D eigenvalue weighted by molar-refractivity contribution is -0.116. The van der Waals surface area contributed by atoms with E-state index in [1.807, 2.05) is 6.92 Å². The second-order valence-corrected chi connectivity index (χ2v) is 8.66. The Bertz CT molecular complexity index is 1020. The van der Waals surface area contributed by atoms with E-state index in [0.717, 1.165) is 18.2 Å². The van der Waals surface area contributed by atoms with Crippen molar-refractivity contribution >= 4 is 39.3 Å². The average molecular weight is 453 g/mol. The molecule has 162 valence electrons. The van der Waals surface area contributed by atoms with E-state index < -0.39 is 10.0 Å². The first-order valence-electron chi connectivity index (χ1n) is 9.24. The Kier molecular flexibility index (Phi) is 8.56. The molecular formula is C21H25ClN2O5S. The molecule has 0 atom stereocenters. The molecule has 0 heterocycles. The summed E-state index contributed by atoms with van der Waals surface area (Å²) in [7, 11) is -1.84. The van der Waals surface area contributed by atoms with Crippen LogP contribution >= 0.6 is 11.6 Å². The number of carbonyl (C=O) groups excluding carboxylic acids is 1. The molecule has 0 aromatic heterocycles. The van der Waals surface area contributed by atoms with Gasteiger partial charge in [-0.05, 0) is 47.9 Å². The van der Waals surface area contributed by atoms with Gasteiger partial charge in [-0.25, -0.2) is 8.42 Å². The standard InChI is InChI=1S/C21H25ClN2O5S/c1-4-10-29-21-18(22)12-15(13-19(21)28-2)8-9-20(25)23-14-16-6-5-7-17(11-16)24-30(3,26)27/h5-9,11-13,24H,4,10,14H2,1-3H3,(H,23,25)/b9-8+. The van der Waals surface area contributed by atoms with Gasteiger partial charge in [0, 0.05) is 18.3 Å². The summed E-state index contributed by atoms with van der Waals surface area (Å²) in [6.07, 6.45) is 4.93. The summed E-state index contributed by atoms with van der Waals surface area (Å²) in [6, 6.07) is 10.2. The van der Waals surface area contributed by atoms with E-state index in [0.29, 0.717) is 34.4 Å². The topological polar surface area (TPSA) is 93.7 Å². The SMILES string of the molecule is CCCOc1c(Cl)cc(/C=C/C(=O)NCc2cccc(NS(C)(=O)=O)c2)cc1OC. The Morgan fingerprint density at radius 1 is 1.23 bits per heavy atom. The molecule has 1 amide bonds. The zero-order valence-corrected chi connectivity index (χ0v) is 18.6. The summed E-state index contributed by atoms with van der Waals surface area (Å²) in [5.74, 6) is 0.661. The Labute approximate surface area is 182 Å². The van der Waals surface area contributed by atoms with Crippen molar-refractivity contribution in [3.8, 4) is 11.5 Å². The van der Waals surface area contributed by atoms with Crippen molar-refractivity contribution in [3.63, 3.8) is 0 Å². The maximum absolute atomic E-state index is 12.2. The number of amides is 1. The van der Waals surface area contributed by atoms with Gasteiger partial charge in [0.05, 0.1) is 25.0 Å². The van der Waals surface area contributed by atoms with Gasteiger partial charge in [0.1, 0.15) is 0 Å². The van der Waals surface area contributed by atoms with Crippen LogP contribution in [-0.2, 0) is 21.4 Å². The summed E-state index contributed by atoms with van der Waals surface area (Å²) in [6.45, 7) is 2.76. The molecule has 2 rings (SSSR count). The molecule has 2 aromatic rings. The van der Waals surface area contributed by atoms with Crippen molar-refractivity contribution in [2.75, 3.05) is 24.7 Å². The number of methoxy groups -OCH3 is 1. The zero-order valence-electron chi connectivity index (χ0n) is 17.1. The van der Waals surface area contributed by atoms with Crippen molar-refractivity contribution in [2.24, 2.45) is 0 Å². The molecular weight excluding hydrogens is 428 g/mol. The van der Waals surface area contributed by atoms with Crippen LogP contribution in [-0.4, -0.2) is 34.3 Å². The average Bonchev–Trinajstić information content (AvgIpc) is 2.68. The highest BCUT2D eigenvalue weighted by molar-refractivity contribution is 7.92. The molecule has 9 heteroatoms. The van der Waals surface area contributed by atoms with Crippen molar-refractivity contribution in [3.05, 3.63) is 58.6 Å². The Balaban J connectivity index is 2.01. The molecule has 0 bridgehead atoms. The van der Waals surface area contributed by atoms with Crippen LogP contribution < -0.4 is 19.5 Å². The van der Waals surface area contributed by atoms with E-state index >= 15 is 0 Å². The van der Waals surface area contributed by atoms with Crippen molar-refractivity contribution < 1.29 is 22.7 Å². The molecule has 0 aliphatic heterocycles. The van der Waals surface area contributed by atoms with E-state index in [1.54, 1.807) is 42.5 Å². The van der Waals surface area contributed by atoms with Crippen LogP contribution in [0.1, 0.15) is 24.5 Å². The fraction of sp³-hybridized carbons (Fsp3) is 0.286. The number of anilines is 1. The number of halogens is 1. The molecule has 0 spiro atoms. The maximum Gasteiger partial charge on any atom is 0.244 e. The number of carbonyl (C=O) groups is 1. The molecule has 0 fully saturated rings. The molecule has 0 saturated carbocycles. The highest BCUT2D eigenvalue weighted by atomic mass is 35.5. The van der Waals surface area contributed by atoms with Crippen LogP contribution in [0.4, 0.5) is 5.69 Å². The number of benzene rings is 2. The van der Waals surface area contributed by atoms with Crippen LogP contribution in [0.2, 0.25) is 5.02 Å². The smallest absolute Gasteiger partial charge is 0.244 e. The van der Waals surface area contributed by atoms with Crippen LogP contribution in [0.25, 0.3) is 6.08 Å². The first kappa shape index (κ1) is 23.6. The summed E-state index contributed by atoms with van der Waals surface area (Å²) >= 11 is 6.28. The van der Waals surface area contributed by atoms with E-state index in [4.69, 9.17) is 21.1 Å². The van der Waals surface area contributed by atoms with Gasteiger partial charge < -0.3 is 14.8 Å². The second kappa shape index (κ2) is 10.9.